The van der Waals surface area contributed by atoms with Crippen LogP contribution in [0.1, 0.15) is 74.7 Å². The molecule has 0 heterocycles. The molecule has 1 unspecified atom stereocenters. The molecule has 0 aliphatic heterocycles. The molecule has 0 bridgehead atoms. The predicted molar refractivity (Wildman–Crippen MR) is 81.3 cm³/mol. The molecule has 0 saturated carbocycles. The Morgan fingerprint density at radius 2 is 1.74 bits per heavy atom. The van der Waals surface area contributed by atoms with E-state index in [9.17, 15) is 5.11 Å². The van der Waals surface area contributed by atoms with Crippen molar-refractivity contribution in [3.8, 4) is 0 Å². The lowest BCUT2D eigenvalue weighted by Gasteiger charge is -2.41. The highest BCUT2D eigenvalue weighted by Gasteiger charge is 2.46. The van der Waals surface area contributed by atoms with Crippen molar-refractivity contribution in [3.63, 3.8) is 0 Å². The zero-order valence-corrected chi connectivity index (χ0v) is 14.1. The fraction of sp³-hybridized carbons (Fsp3) is 0.882. The molecule has 112 valence electrons. The third-order valence-electron chi connectivity index (χ3n) is 5.01. The van der Waals surface area contributed by atoms with E-state index < -0.39 is 5.60 Å². The van der Waals surface area contributed by atoms with Crippen LogP contribution in [0.2, 0.25) is 0 Å². The molecule has 0 radical (unpaired) electrons. The predicted octanol–water partition coefficient (Wildman–Crippen LogP) is 4.47. The van der Waals surface area contributed by atoms with Crippen molar-refractivity contribution in [3.05, 3.63) is 11.6 Å². The summed E-state index contributed by atoms with van der Waals surface area (Å²) in [4.78, 5) is 0. The highest BCUT2D eigenvalue weighted by atomic mass is 16.5. The van der Waals surface area contributed by atoms with Crippen molar-refractivity contribution < 1.29 is 9.84 Å². The molecule has 0 aromatic heterocycles. The number of aliphatic hydroxyl groups is 1. The van der Waals surface area contributed by atoms with Gasteiger partial charge in [0.25, 0.3) is 0 Å². The molecule has 2 heteroatoms. The summed E-state index contributed by atoms with van der Waals surface area (Å²) in [7, 11) is 0. The van der Waals surface area contributed by atoms with E-state index in [-0.39, 0.29) is 16.6 Å². The number of rotatable bonds is 5. The molecule has 1 N–H and O–H groups in total. The molecular weight excluding hydrogens is 236 g/mol. The number of hydrogen-bond acceptors (Lipinski definition) is 2. The molecule has 1 rings (SSSR count). The summed E-state index contributed by atoms with van der Waals surface area (Å²) in [5.74, 6) is 0. The van der Waals surface area contributed by atoms with E-state index in [0.29, 0.717) is 0 Å². The Morgan fingerprint density at radius 1 is 1.21 bits per heavy atom. The normalized spacial score (nSPS) is 25.6. The van der Waals surface area contributed by atoms with Crippen LogP contribution in [0.3, 0.4) is 0 Å². The Hall–Kier alpha value is -0.340. The van der Waals surface area contributed by atoms with E-state index in [4.69, 9.17) is 4.74 Å². The van der Waals surface area contributed by atoms with Crippen LogP contribution in [-0.2, 0) is 4.74 Å². The van der Waals surface area contributed by atoms with Crippen molar-refractivity contribution in [1.29, 1.82) is 0 Å². The molecule has 0 amide bonds. The average molecular weight is 268 g/mol. The summed E-state index contributed by atoms with van der Waals surface area (Å²) >= 11 is 0. The Labute approximate surface area is 119 Å². The lowest BCUT2D eigenvalue weighted by molar-refractivity contribution is -0.108. The highest BCUT2D eigenvalue weighted by Crippen LogP contribution is 2.49. The summed E-state index contributed by atoms with van der Waals surface area (Å²) in [5, 5.41) is 10.4. The monoisotopic (exact) mass is 268 g/mol. The van der Waals surface area contributed by atoms with Crippen molar-refractivity contribution in [2.75, 3.05) is 0 Å². The van der Waals surface area contributed by atoms with Crippen LogP contribution in [-0.4, -0.2) is 21.9 Å². The third kappa shape index (κ3) is 3.61. The number of allylic oxidation sites excluding steroid dienone is 1. The van der Waals surface area contributed by atoms with Crippen LogP contribution in [0.25, 0.3) is 0 Å². The standard InChI is InChI=1S/C17H32O2/c1-9-14(2,3)19-15(4,5)13-10-11-17(8,12-13)16(6,7)18/h10,18H,9,11-12H2,1-8H3. The van der Waals surface area contributed by atoms with Gasteiger partial charge in [0, 0.05) is 5.41 Å². The Bertz CT molecular complexity index is 358. The lowest BCUT2D eigenvalue weighted by atomic mass is 9.72. The van der Waals surface area contributed by atoms with E-state index >= 15 is 0 Å². The molecule has 0 spiro atoms. The first kappa shape index (κ1) is 16.7. The van der Waals surface area contributed by atoms with E-state index in [2.05, 4.69) is 47.6 Å². The lowest BCUT2D eigenvalue weighted by Crippen LogP contribution is -2.42. The quantitative estimate of drug-likeness (QED) is 0.746. The second-order valence-corrected chi connectivity index (χ2v) is 7.96. The van der Waals surface area contributed by atoms with Gasteiger partial charge in [-0.2, -0.15) is 0 Å². The molecule has 2 nitrogen and oxygen atoms in total. The molecule has 0 aromatic rings. The second kappa shape index (κ2) is 4.89. The molecule has 1 aliphatic carbocycles. The fourth-order valence-corrected chi connectivity index (χ4v) is 2.67. The molecule has 0 saturated heterocycles. The van der Waals surface area contributed by atoms with E-state index in [0.717, 1.165) is 19.3 Å². The Balaban J connectivity index is 2.84. The average Bonchev–Trinajstić information content (AvgIpc) is 2.61. The SMILES string of the molecule is CCC(C)(C)OC(C)(C)C1=CCC(C)(C(C)(C)O)C1. The maximum absolute atomic E-state index is 10.4. The molecular formula is C17H32O2. The van der Waals surface area contributed by atoms with Gasteiger partial charge in [0.1, 0.15) is 0 Å². The summed E-state index contributed by atoms with van der Waals surface area (Å²) in [6.07, 6.45) is 5.09. The van der Waals surface area contributed by atoms with Crippen molar-refractivity contribution >= 4 is 0 Å². The van der Waals surface area contributed by atoms with Gasteiger partial charge in [-0.1, -0.05) is 19.9 Å². The smallest absolute Gasteiger partial charge is 0.0842 e. The second-order valence-electron chi connectivity index (χ2n) is 7.96. The molecule has 0 fully saturated rings. The fourth-order valence-electron chi connectivity index (χ4n) is 2.67. The zero-order valence-electron chi connectivity index (χ0n) is 14.1. The molecule has 1 aliphatic rings. The minimum absolute atomic E-state index is 0.0840. The number of hydrogen-bond donors (Lipinski definition) is 1. The van der Waals surface area contributed by atoms with Crippen LogP contribution in [0.4, 0.5) is 0 Å². The van der Waals surface area contributed by atoms with Gasteiger partial charge in [-0.05, 0) is 66.4 Å². The van der Waals surface area contributed by atoms with Gasteiger partial charge in [0.15, 0.2) is 0 Å². The Kier molecular flexibility index (Phi) is 4.30. The minimum atomic E-state index is -0.665. The Morgan fingerprint density at radius 3 is 2.11 bits per heavy atom. The van der Waals surface area contributed by atoms with Crippen LogP contribution >= 0.6 is 0 Å². The number of ether oxygens (including phenoxy) is 1. The highest BCUT2D eigenvalue weighted by molar-refractivity contribution is 5.25. The first-order valence-electron chi connectivity index (χ1n) is 7.45. The van der Waals surface area contributed by atoms with E-state index in [1.807, 2.05) is 13.8 Å². The molecule has 19 heavy (non-hydrogen) atoms. The first-order valence-corrected chi connectivity index (χ1v) is 7.45. The van der Waals surface area contributed by atoms with Crippen molar-refractivity contribution in [2.45, 2.75) is 91.5 Å². The van der Waals surface area contributed by atoms with E-state index in [1.165, 1.54) is 5.57 Å². The minimum Gasteiger partial charge on any atom is -0.390 e. The van der Waals surface area contributed by atoms with Crippen molar-refractivity contribution in [1.82, 2.24) is 0 Å². The van der Waals surface area contributed by atoms with Gasteiger partial charge in [-0.3, -0.25) is 0 Å². The third-order valence-corrected chi connectivity index (χ3v) is 5.01. The maximum atomic E-state index is 10.4. The van der Waals surface area contributed by atoms with Gasteiger partial charge in [0.05, 0.1) is 16.8 Å². The van der Waals surface area contributed by atoms with Gasteiger partial charge in [0.2, 0.25) is 0 Å². The maximum Gasteiger partial charge on any atom is 0.0842 e. The largest absolute Gasteiger partial charge is 0.390 e. The van der Waals surface area contributed by atoms with Crippen LogP contribution in [0.5, 0.6) is 0 Å². The summed E-state index contributed by atoms with van der Waals surface area (Å²) in [6, 6.07) is 0. The molecule has 1 atom stereocenters. The first-order chi connectivity index (χ1) is 8.33. The van der Waals surface area contributed by atoms with E-state index in [1.54, 1.807) is 0 Å². The topological polar surface area (TPSA) is 29.5 Å². The zero-order chi connectivity index (χ0) is 15.1. The van der Waals surface area contributed by atoms with Crippen LogP contribution < -0.4 is 0 Å². The van der Waals surface area contributed by atoms with Gasteiger partial charge < -0.3 is 9.84 Å². The van der Waals surface area contributed by atoms with Crippen LogP contribution in [0.15, 0.2) is 11.6 Å². The molecule has 0 aromatic carbocycles. The summed E-state index contributed by atoms with van der Waals surface area (Å²) < 4.78 is 6.31. The van der Waals surface area contributed by atoms with Gasteiger partial charge in [-0.25, -0.2) is 0 Å². The van der Waals surface area contributed by atoms with Gasteiger partial charge in [-0.15, -0.1) is 0 Å². The van der Waals surface area contributed by atoms with Crippen LogP contribution in [0, 0.1) is 5.41 Å². The summed E-state index contributed by atoms with van der Waals surface area (Å²) in [6.45, 7) is 16.7. The van der Waals surface area contributed by atoms with Crippen molar-refractivity contribution in [2.24, 2.45) is 5.41 Å². The van der Waals surface area contributed by atoms with Gasteiger partial charge >= 0.3 is 0 Å². The summed E-state index contributed by atoms with van der Waals surface area (Å²) in [5.41, 5.74) is 0.195.